The molecule has 0 unspecified atom stereocenters. The van der Waals surface area contributed by atoms with Crippen molar-refractivity contribution in [2.45, 2.75) is 26.2 Å². The van der Waals surface area contributed by atoms with Crippen molar-refractivity contribution < 1.29 is 19.0 Å². The van der Waals surface area contributed by atoms with E-state index in [0.29, 0.717) is 5.75 Å². The summed E-state index contributed by atoms with van der Waals surface area (Å²) >= 11 is 0. The third-order valence-corrected chi connectivity index (χ3v) is 2.57. The Kier molecular flexibility index (Phi) is 4.59. The van der Waals surface area contributed by atoms with E-state index < -0.39 is 5.97 Å². The Hall–Kier alpha value is -1.71. The van der Waals surface area contributed by atoms with E-state index >= 15 is 0 Å². The first kappa shape index (κ1) is 14.4. The quantitative estimate of drug-likeness (QED) is 0.772. The summed E-state index contributed by atoms with van der Waals surface area (Å²) in [6.45, 7) is 6.14. The molecule has 4 nitrogen and oxygen atoms in total. The zero-order valence-electron chi connectivity index (χ0n) is 11.6. The fourth-order valence-corrected chi connectivity index (χ4v) is 1.54. The first-order valence-electron chi connectivity index (χ1n) is 5.76. The Balaban J connectivity index is 2.99. The van der Waals surface area contributed by atoms with Crippen LogP contribution in [0.5, 0.6) is 11.5 Å². The van der Waals surface area contributed by atoms with Crippen LogP contribution in [0.2, 0.25) is 0 Å². The lowest BCUT2D eigenvalue weighted by Crippen LogP contribution is -2.17. The van der Waals surface area contributed by atoms with Gasteiger partial charge >= 0.3 is 5.97 Å². The molecule has 0 aromatic heterocycles. The minimum atomic E-state index is -0.398. The number of hydrogen-bond acceptors (Lipinski definition) is 4. The Morgan fingerprint density at radius 1 is 1.22 bits per heavy atom. The van der Waals surface area contributed by atoms with Crippen LogP contribution in [0.1, 0.15) is 26.3 Å². The fourth-order valence-electron chi connectivity index (χ4n) is 1.54. The number of esters is 1. The van der Waals surface area contributed by atoms with Gasteiger partial charge in [0.05, 0.1) is 14.2 Å². The molecule has 1 aromatic rings. The van der Waals surface area contributed by atoms with Gasteiger partial charge in [-0.25, -0.2) is 4.79 Å². The molecule has 0 amide bonds. The number of hydrogen-bond donors (Lipinski definition) is 0. The normalized spacial score (nSPS) is 10.9. The predicted molar refractivity (Wildman–Crippen MR) is 69.2 cm³/mol. The molecule has 0 fully saturated rings. The molecule has 0 saturated heterocycles. The molecule has 4 heteroatoms. The minimum absolute atomic E-state index is 0.0914. The number of ether oxygens (including phenoxy) is 3. The third-order valence-electron chi connectivity index (χ3n) is 2.57. The second-order valence-corrected chi connectivity index (χ2v) is 4.98. The van der Waals surface area contributed by atoms with Gasteiger partial charge in [0, 0.05) is 5.56 Å². The van der Waals surface area contributed by atoms with Crippen molar-refractivity contribution in [3.8, 4) is 11.5 Å². The van der Waals surface area contributed by atoms with E-state index in [1.165, 1.54) is 7.11 Å². The number of rotatable bonds is 4. The van der Waals surface area contributed by atoms with Gasteiger partial charge in [-0.2, -0.15) is 0 Å². The molecule has 0 atom stereocenters. The number of methoxy groups -OCH3 is 2. The van der Waals surface area contributed by atoms with Gasteiger partial charge in [-0.3, -0.25) is 0 Å². The average Bonchev–Trinajstić information content (AvgIpc) is 2.34. The third kappa shape index (κ3) is 3.65. The molecule has 0 aliphatic carbocycles. The van der Waals surface area contributed by atoms with Gasteiger partial charge in [0.1, 0.15) is 11.5 Å². The van der Waals surface area contributed by atoms with E-state index in [1.54, 1.807) is 7.11 Å². The van der Waals surface area contributed by atoms with Crippen molar-refractivity contribution in [3.05, 3.63) is 23.8 Å². The van der Waals surface area contributed by atoms with Crippen LogP contribution in [0, 0.1) is 0 Å². The monoisotopic (exact) mass is 252 g/mol. The van der Waals surface area contributed by atoms with Crippen LogP contribution in [-0.2, 0) is 14.9 Å². The summed E-state index contributed by atoms with van der Waals surface area (Å²) in [5.41, 5.74) is 0.894. The van der Waals surface area contributed by atoms with E-state index in [9.17, 15) is 4.79 Å². The zero-order chi connectivity index (χ0) is 13.8. The summed E-state index contributed by atoms with van der Waals surface area (Å²) in [6, 6.07) is 5.54. The summed E-state index contributed by atoms with van der Waals surface area (Å²) in [5, 5.41) is 0. The molecule has 0 spiro atoms. The predicted octanol–water partition coefficient (Wildman–Crippen LogP) is 2.54. The Labute approximate surface area is 108 Å². The minimum Gasteiger partial charge on any atom is -0.497 e. The van der Waals surface area contributed by atoms with E-state index in [4.69, 9.17) is 9.47 Å². The smallest absolute Gasteiger partial charge is 0.343 e. The van der Waals surface area contributed by atoms with Crippen molar-refractivity contribution in [1.29, 1.82) is 0 Å². The molecule has 0 aliphatic heterocycles. The van der Waals surface area contributed by atoms with Crippen molar-refractivity contribution in [2.24, 2.45) is 0 Å². The molecule has 100 valence electrons. The first-order valence-corrected chi connectivity index (χ1v) is 5.76. The number of carbonyl (C=O) groups excluding carboxylic acids is 1. The standard InChI is InChI=1S/C14H20O4/c1-14(2,3)11-8-10(16-4)6-7-12(11)18-9-13(15)17-5/h6-8H,9H2,1-5H3. The molecule has 0 saturated carbocycles. The van der Waals surface area contributed by atoms with E-state index in [-0.39, 0.29) is 12.0 Å². The summed E-state index contributed by atoms with van der Waals surface area (Å²) < 4.78 is 15.2. The van der Waals surface area contributed by atoms with Crippen LogP contribution in [0.3, 0.4) is 0 Å². The number of carbonyl (C=O) groups is 1. The second-order valence-electron chi connectivity index (χ2n) is 4.98. The molecule has 0 radical (unpaired) electrons. The summed E-state index contributed by atoms with van der Waals surface area (Å²) in [5.74, 6) is 1.05. The molecular weight excluding hydrogens is 232 g/mol. The van der Waals surface area contributed by atoms with Crippen LogP contribution in [0.4, 0.5) is 0 Å². The van der Waals surface area contributed by atoms with Crippen molar-refractivity contribution in [1.82, 2.24) is 0 Å². The lowest BCUT2D eigenvalue weighted by atomic mass is 9.86. The summed E-state index contributed by atoms with van der Waals surface area (Å²) in [4.78, 5) is 11.1. The van der Waals surface area contributed by atoms with Crippen LogP contribution in [0.25, 0.3) is 0 Å². The largest absolute Gasteiger partial charge is 0.497 e. The van der Waals surface area contributed by atoms with Crippen LogP contribution in [0.15, 0.2) is 18.2 Å². The van der Waals surface area contributed by atoms with Crippen molar-refractivity contribution >= 4 is 5.97 Å². The van der Waals surface area contributed by atoms with Crippen molar-refractivity contribution in [2.75, 3.05) is 20.8 Å². The molecule has 0 heterocycles. The van der Waals surface area contributed by atoms with E-state index in [0.717, 1.165) is 11.3 Å². The van der Waals surface area contributed by atoms with Gasteiger partial charge in [0.2, 0.25) is 0 Å². The second kappa shape index (κ2) is 5.76. The van der Waals surface area contributed by atoms with E-state index in [2.05, 4.69) is 25.5 Å². The lowest BCUT2D eigenvalue weighted by molar-refractivity contribution is -0.142. The van der Waals surface area contributed by atoms with Gasteiger partial charge in [-0.05, 0) is 23.6 Å². The van der Waals surface area contributed by atoms with Gasteiger partial charge in [0.15, 0.2) is 6.61 Å². The zero-order valence-corrected chi connectivity index (χ0v) is 11.6. The molecule has 0 bridgehead atoms. The Morgan fingerprint density at radius 2 is 1.89 bits per heavy atom. The molecule has 1 rings (SSSR count). The van der Waals surface area contributed by atoms with Crippen LogP contribution >= 0.6 is 0 Å². The maximum Gasteiger partial charge on any atom is 0.343 e. The highest BCUT2D eigenvalue weighted by molar-refractivity contribution is 5.71. The molecule has 1 aromatic carbocycles. The molecule has 0 N–H and O–H groups in total. The fraction of sp³-hybridized carbons (Fsp3) is 0.500. The highest BCUT2D eigenvalue weighted by Crippen LogP contribution is 2.34. The van der Waals surface area contributed by atoms with Crippen LogP contribution in [-0.4, -0.2) is 26.8 Å². The van der Waals surface area contributed by atoms with Gasteiger partial charge in [-0.15, -0.1) is 0 Å². The lowest BCUT2D eigenvalue weighted by Gasteiger charge is -2.23. The van der Waals surface area contributed by atoms with Crippen molar-refractivity contribution in [3.63, 3.8) is 0 Å². The average molecular weight is 252 g/mol. The SMILES string of the molecule is COC(=O)COc1ccc(OC)cc1C(C)(C)C. The summed E-state index contributed by atoms with van der Waals surface area (Å²) in [6.07, 6.45) is 0. The van der Waals surface area contributed by atoms with Gasteiger partial charge in [-0.1, -0.05) is 20.8 Å². The maximum atomic E-state index is 11.1. The highest BCUT2D eigenvalue weighted by Gasteiger charge is 2.20. The summed E-state index contributed by atoms with van der Waals surface area (Å²) in [7, 11) is 2.96. The van der Waals surface area contributed by atoms with Gasteiger partial charge in [0.25, 0.3) is 0 Å². The first-order chi connectivity index (χ1) is 8.38. The van der Waals surface area contributed by atoms with Crippen LogP contribution < -0.4 is 9.47 Å². The maximum absolute atomic E-state index is 11.1. The molecule has 18 heavy (non-hydrogen) atoms. The number of benzene rings is 1. The Morgan fingerprint density at radius 3 is 2.39 bits per heavy atom. The Bertz CT molecular complexity index is 418. The van der Waals surface area contributed by atoms with Gasteiger partial charge < -0.3 is 14.2 Å². The highest BCUT2D eigenvalue weighted by atomic mass is 16.6. The molecule has 0 aliphatic rings. The topological polar surface area (TPSA) is 44.8 Å². The molecular formula is C14H20O4. The van der Waals surface area contributed by atoms with E-state index in [1.807, 2.05) is 18.2 Å².